The summed E-state index contributed by atoms with van der Waals surface area (Å²) < 4.78 is 17.0. The average Bonchev–Trinajstić information content (AvgIpc) is 2.96. The van der Waals surface area contributed by atoms with E-state index in [1.807, 2.05) is 86.6 Å². The molecule has 3 atom stereocenters. The largest absolute Gasteiger partial charge is 0.494 e. The van der Waals surface area contributed by atoms with Gasteiger partial charge in [-0.2, -0.15) is 0 Å². The zero-order chi connectivity index (χ0) is 27.2. The SMILES string of the molecule is CCOc1ccc([C@H]2C(C(=O)OCCOc3ccccc3)=C(C)N=C3C[C@H](c4ccccc4)CC(=O)C32)cc1. The van der Waals surface area contributed by atoms with Gasteiger partial charge in [-0.3, -0.25) is 9.79 Å². The summed E-state index contributed by atoms with van der Waals surface area (Å²) in [4.78, 5) is 32.1. The lowest BCUT2D eigenvalue weighted by Crippen LogP contribution is -2.41. The summed E-state index contributed by atoms with van der Waals surface area (Å²) >= 11 is 0. The molecule has 0 N–H and O–H groups in total. The second-order valence-electron chi connectivity index (χ2n) is 9.84. The molecule has 0 bridgehead atoms. The molecule has 5 rings (SSSR count). The van der Waals surface area contributed by atoms with Gasteiger partial charge >= 0.3 is 5.97 Å². The highest BCUT2D eigenvalue weighted by Crippen LogP contribution is 2.46. The van der Waals surface area contributed by atoms with Gasteiger partial charge in [-0.25, -0.2) is 4.79 Å². The number of benzene rings is 3. The molecule has 3 aromatic carbocycles. The number of carbonyl (C=O) groups is 2. The Labute approximate surface area is 229 Å². The molecule has 1 fully saturated rings. The predicted molar refractivity (Wildman–Crippen MR) is 150 cm³/mol. The van der Waals surface area contributed by atoms with Crippen molar-refractivity contribution in [3.8, 4) is 11.5 Å². The van der Waals surface area contributed by atoms with E-state index in [2.05, 4.69) is 12.1 Å². The summed E-state index contributed by atoms with van der Waals surface area (Å²) in [5, 5.41) is 0. The van der Waals surface area contributed by atoms with Crippen molar-refractivity contribution in [2.24, 2.45) is 10.9 Å². The van der Waals surface area contributed by atoms with Gasteiger partial charge in [-0.05, 0) is 61.6 Å². The molecule has 1 aliphatic carbocycles. The number of allylic oxidation sites excluding steroid dienone is 1. The molecule has 6 heteroatoms. The van der Waals surface area contributed by atoms with Crippen LogP contribution in [0.2, 0.25) is 0 Å². The highest BCUT2D eigenvalue weighted by Gasteiger charge is 2.46. The van der Waals surface area contributed by atoms with E-state index in [1.54, 1.807) is 0 Å². The Bertz CT molecular complexity index is 1360. The zero-order valence-electron chi connectivity index (χ0n) is 22.3. The van der Waals surface area contributed by atoms with Crippen molar-refractivity contribution in [3.63, 3.8) is 0 Å². The monoisotopic (exact) mass is 523 g/mol. The van der Waals surface area contributed by atoms with Crippen molar-refractivity contribution in [2.75, 3.05) is 19.8 Å². The van der Waals surface area contributed by atoms with Gasteiger partial charge in [-0.15, -0.1) is 0 Å². The number of ketones is 1. The number of esters is 1. The smallest absolute Gasteiger partial charge is 0.336 e. The molecule has 3 aromatic rings. The topological polar surface area (TPSA) is 74.2 Å². The maximum Gasteiger partial charge on any atom is 0.336 e. The number of aliphatic imine (C=N–C) groups is 1. The van der Waals surface area contributed by atoms with Crippen LogP contribution in [0.3, 0.4) is 0 Å². The first kappa shape index (κ1) is 26.4. The highest BCUT2D eigenvalue weighted by molar-refractivity contribution is 6.12. The molecule has 39 heavy (non-hydrogen) atoms. The van der Waals surface area contributed by atoms with Gasteiger partial charge in [-0.1, -0.05) is 60.7 Å². The summed E-state index contributed by atoms with van der Waals surface area (Å²) in [6, 6.07) is 27.1. The fourth-order valence-electron chi connectivity index (χ4n) is 5.59. The van der Waals surface area contributed by atoms with E-state index in [0.717, 1.165) is 22.6 Å². The first-order valence-electron chi connectivity index (χ1n) is 13.5. The number of hydrogen-bond donors (Lipinski definition) is 0. The standard InChI is InChI=1S/C33H33NO5/c1-3-37-27-16-14-24(15-17-27)31-30(33(36)39-19-18-38-26-12-8-5-9-13-26)22(2)34-28-20-25(21-29(35)32(28)31)23-10-6-4-7-11-23/h4-17,25,31-32H,3,18-21H2,1-2H3/t25-,31-,32?/m0/s1. The average molecular weight is 524 g/mol. The van der Waals surface area contributed by atoms with Crippen LogP contribution in [-0.2, 0) is 14.3 Å². The molecular formula is C33H33NO5. The third-order valence-electron chi connectivity index (χ3n) is 7.32. The molecule has 200 valence electrons. The van der Waals surface area contributed by atoms with Gasteiger partial charge < -0.3 is 14.2 Å². The molecule has 2 aliphatic rings. The van der Waals surface area contributed by atoms with Gasteiger partial charge in [0.05, 0.1) is 18.1 Å². The Hall–Kier alpha value is -4.19. The van der Waals surface area contributed by atoms with Crippen LogP contribution >= 0.6 is 0 Å². The quantitative estimate of drug-likeness (QED) is 0.244. The molecule has 1 heterocycles. The molecule has 0 aromatic heterocycles. The lowest BCUT2D eigenvalue weighted by Gasteiger charge is -2.38. The molecular weight excluding hydrogens is 490 g/mol. The fraction of sp³-hybridized carbons (Fsp3) is 0.303. The van der Waals surface area contributed by atoms with Crippen LogP contribution in [0.4, 0.5) is 0 Å². The first-order chi connectivity index (χ1) is 19.0. The highest BCUT2D eigenvalue weighted by atomic mass is 16.6. The van der Waals surface area contributed by atoms with Gasteiger partial charge in [0.25, 0.3) is 0 Å². The van der Waals surface area contributed by atoms with Gasteiger partial charge in [0.2, 0.25) is 0 Å². The molecule has 1 aliphatic heterocycles. The lowest BCUT2D eigenvalue weighted by atomic mass is 9.66. The normalized spacial score (nSPS) is 20.6. The van der Waals surface area contributed by atoms with Crippen molar-refractivity contribution in [2.45, 2.75) is 38.5 Å². The molecule has 0 radical (unpaired) electrons. The summed E-state index contributed by atoms with van der Waals surface area (Å²) in [5.74, 6) is 0.180. The molecule has 0 spiro atoms. The van der Waals surface area contributed by atoms with Crippen LogP contribution in [0.25, 0.3) is 0 Å². The van der Waals surface area contributed by atoms with E-state index in [9.17, 15) is 9.59 Å². The van der Waals surface area contributed by atoms with Gasteiger partial charge in [0.1, 0.15) is 30.5 Å². The van der Waals surface area contributed by atoms with E-state index in [-0.39, 0.29) is 24.9 Å². The summed E-state index contributed by atoms with van der Waals surface area (Å²) in [6.07, 6.45) is 1.09. The minimum Gasteiger partial charge on any atom is -0.494 e. The van der Waals surface area contributed by atoms with Crippen molar-refractivity contribution in [3.05, 3.63) is 107 Å². The van der Waals surface area contributed by atoms with E-state index in [4.69, 9.17) is 19.2 Å². The molecule has 6 nitrogen and oxygen atoms in total. The number of fused-ring (bicyclic) bond motifs is 1. The van der Waals surface area contributed by atoms with Crippen molar-refractivity contribution < 1.29 is 23.8 Å². The minimum atomic E-state index is -0.505. The fourth-order valence-corrected chi connectivity index (χ4v) is 5.59. The Balaban J connectivity index is 1.42. The third-order valence-corrected chi connectivity index (χ3v) is 7.32. The van der Waals surface area contributed by atoms with E-state index in [1.165, 1.54) is 0 Å². The number of hydrogen-bond acceptors (Lipinski definition) is 6. The molecule has 1 unspecified atom stereocenters. The number of para-hydroxylation sites is 1. The molecule has 0 saturated heterocycles. The van der Waals surface area contributed by atoms with Crippen molar-refractivity contribution in [1.29, 1.82) is 0 Å². The van der Waals surface area contributed by atoms with Crippen LogP contribution in [-0.4, -0.2) is 37.3 Å². The predicted octanol–water partition coefficient (Wildman–Crippen LogP) is 6.28. The number of nitrogens with zero attached hydrogens (tertiary/aromatic N) is 1. The molecule has 0 amide bonds. The van der Waals surface area contributed by atoms with E-state index < -0.39 is 17.8 Å². The summed E-state index contributed by atoms with van der Waals surface area (Å²) in [7, 11) is 0. The summed E-state index contributed by atoms with van der Waals surface area (Å²) in [6.45, 7) is 4.64. The number of carbonyl (C=O) groups excluding carboxylic acids is 2. The van der Waals surface area contributed by atoms with E-state index >= 15 is 0 Å². The van der Waals surface area contributed by atoms with Crippen LogP contribution < -0.4 is 9.47 Å². The maximum absolute atomic E-state index is 13.8. The molecule has 1 saturated carbocycles. The second kappa shape index (κ2) is 12.1. The van der Waals surface area contributed by atoms with Crippen LogP contribution in [0, 0.1) is 5.92 Å². The third kappa shape index (κ3) is 5.95. The van der Waals surface area contributed by atoms with Crippen LogP contribution in [0.1, 0.15) is 49.7 Å². The Kier molecular flexibility index (Phi) is 8.21. The summed E-state index contributed by atoms with van der Waals surface area (Å²) in [5.41, 5.74) is 3.86. The Morgan fingerprint density at radius 1 is 0.795 bits per heavy atom. The zero-order valence-corrected chi connectivity index (χ0v) is 22.3. The van der Waals surface area contributed by atoms with Crippen molar-refractivity contribution >= 4 is 17.5 Å². The second-order valence-corrected chi connectivity index (χ2v) is 9.84. The van der Waals surface area contributed by atoms with Crippen LogP contribution in [0.5, 0.6) is 11.5 Å². The van der Waals surface area contributed by atoms with Crippen LogP contribution in [0.15, 0.2) is 101 Å². The van der Waals surface area contributed by atoms with Crippen molar-refractivity contribution in [1.82, 2.24) is 0 Å². The minimum absolute atomic E-state index is 0.0751. The van der Waals surface area contributed by atoms with Gasteiger partial charge in [0, 0.05) is 23.7 Å². The van der Waals surface area contributed by atoms with E-state index in [0.29, 0.717) is 36.5 Å². The van der Waals surface area contributed by atoms with Gasteiger partial charge in [0.15, 0.2) is 0 Å². The number of ether oxygens (including phenoxy) is 3. The first-order valence-corrected chi connectivity index (χ1v) is 13.5. The Morgan fingerprint density at radius 2 is 1.46 bits per heavy atom. The lowest BCUT2D eigenvalue weighted by molar-refractivity contribution is -0.140. The Morgan fingerprint density at radius 3 is 2.15 bits per heavy atom. The number of Topliss-reactive ketones (excluding diaryl/α,β-unsaturated/α-hetero) is 1. The maximum atomic E-state index is 13.8. The number of rotatable bonds is 9.